The van der Waals surface area contributed by atoms with Crippen LogP contribution in [0.2, 0.25) is 0 Å². The quantitative estimate of drug-likeness (QED) is 0.945. The lowest BCUT2D eigenvalue weighted by Gasteiger charge is -2.20. The second kappa shape index (κ2) is 4.80. The van der Waals surface area contributed by atoms with Crippen molar-refractivity contribution in [1.82, 2.24) is 0 Å². The van der Waals surface area contributed by atoms with Crippen LogP contribution in [0.5, 0.6) is 0 Å². The predicted molar refractivity (Wildman–Crippen MR) is 81.7 cm³/mol. The van der Waals surface area contributed by atoms with Gasteiger partial charge in [0.2, 0.25) is 0 Å². The van der Waals surface area contributed by atoms with Crippen LogP contribution < -0.4 is 5.32 Å². The normalized spacial score (nSPS) is 23.8. The van der Waals surface area contributed by atoms with Gasteiger partial charge in [-0.15, -0.1) is 11.3 Å². The van der Waals surface area contributed by atoms with Gasteiger partial charge in [0.15, 0.2) is 9.84 Å². The van der Waals surface area contributed by atoms with Crippen molar-refractivity contribution in [3.8, 4) is 0 Å². The highest BCUT2D eigenvalue weighted by Gasteiger charge is 2.34. The Balaban J connectivity index is 1.84. The molecule has 1 N–H and O–H groups in total. The molecule has 0 aliphatic heterocycles. The molecule has 19 heavy (non-hydrogen) atoms. The molecule has 1 aromatic heterocycles. The Labute approximate surface area is 117 Å². The molecular formula is C14H17NO2S2. The molecule has 1 aromatic carbocycles. The monoisotopic (exact) mass is 295 g/mol. The molecule has 0 bridgehead atoms. The molecule has 0 saturated heterocycles. The van der Waals surface area contributed by atoms with Crippen molar-refractivity contribution in [1.29, 1.82) is 0 Å². The van der Waals surface area contributed by atoms with E-state index in [0.29, 0.717) is 0 Å². The summed E-state index contributed by atoms with van der Waals surface area (Å²) in [6.07, 6.45) is 4.03. The summed E-state index contributed by atoms with van der Waals surface area (Å²) in [5, 5.41) is 6.44. The van der Waals surface area contributed by atoms with Gasteiger partial charge in [-0.2, -0.15) is 0 Å². The number of anilines is 1. The zero-order valence-electron chi connectivity index (χ0n) is 10.8. The molecule has 102 valence electrons. The van der Waals surface area contributed by atoms with E-state index < -0.39 is 9.84 Å². The summed E-state index contributed by atoms with van der Waals surface area (Å²) in [5.41, 5.74) is 1.02. The van der Waals surface area contributed by atoms with Gasteiger partial charge in [0.05, 0.1) is 5.25 Å². The Kier molecular flexibility index (Phi) is 3.27. The number of thiophene rings is 1. The van der Waals surface area contributed by atoms with Crippen LogP contribution in [-0.4, -0.2) is 26.0 Å². The van der Waals surface area contributed by atoms with E-state index in [2.05, 4.69) is 28.9 Å². The molecule has 1 aliphatic rings. The molecule has 0 radical (unpaired) electrons. The summed E-state index contributed by atoms with van der Waals surface area (Å²) < 4.78 is 24.8. The van der Waals surface area contributed by atoms with Crippen LogP contribution in [0.1, 0.15) is 19.3 Å². The lowest BCUT2D eigenvalue weighted by Crippen LogP contribution is -2.34. The molecule has 3 nitrogen and oxygen atoms in total. The van der Waals surface area contributed by atoms with Crippen molar-refractivity contribution in [2.75, 3.05) is 11.6 Å². The molecule has 0 spiro atoms. The number of benzene rings is 1. The van der Waals surface area contributed by atoms with E-state index in [1.165, 1.54) is 16.3 Å². The smallest absolute Gasteiger partial charge is 0.152 e. The number of rotatable bonds is 3. The largest absolute Gasteiger partial charge is 0.381 e. The molecule has 1 heterocycles. The highest BCUT2D eigenvalue weighted by Crippen LogP contribution is 2.30. The topological polar surface area (TPSA) is 46.2 Å². The van der Waals surface area contributed by atoms with Gasteiger partial charge < -0.3 is 5.32 Å². The number of fused-ring (bicyclic) bond motifs is 1. The molecule has 3 rings (SSSR count). The minimum Gasteiger partial charge on any atom is -0.381 e. The Bertz CT molecular complexity index is 690. The number of hydrogen-bond donors (Lipinski definition) is 1. The Morgan fingerprint density at radius 1 is 1.26 bits per heavy atom. The third kappa shape index (κ3) is 2.62. The predicted octanol–water partition coefficient (Wildman–Crippen LogP) is 3.28. The molecule has 2 atom stereocenters. The zero-order valence-corrected chi connectivity index (χ0v) is 12.4. The minimum atomic E-state index is -2.96. The average Bonchev–Trinajstić information content (AvgIpc) is 2.95. The van der Waals surface area contributed by atoms with Crippen molar-refractivity contribution < 1.29 is 8.42 Å². The third-order valence-electron chi connectivity index (χ3n) is 3.81. The van der Waals surface area contributed by atoms with Crippen LogP contribution in [0.25, 0.3) is 10.1 Å². The van der Waals surface area contributed by atoms with Crippen LogP contribution in [0, 0.1) is 0 Å². The minimum absolute atomic E-state index is 0.0473. The first kappa shape index (κ1) is 12.9. The molecule has 1 fully saturated rings. The van der Waals surface area contributed by atoms with Crippen molar-refractivity contribution in [3.05, 3.63) is 29.6 Å². The molecule has 1 saturated carbocycles. The van der Waals surface area contributed by atoms with Crippen molar-refractivity contribution >= 4 is 36.9 Å². The van der Waals surface area contributed by atoms with Gasteiger partial charge >= 0.3 is 0 Å². The maximum Gasteiger partial charge on any atom is 0.152 e. The zero-order chi connectivity index (χ0) is 13.5. The van der Waals surface area contributed by atoms with Crippen LogP contribution >= 0.6 is 11.3 Å². The summed E-state index contributed by atoms with van der Waals surface area (Å²) in [6.45, 7) is 0. The number of sulfone groups is 1. The van der Waals surface area contributed by atoms with Crippen LogP contribution in [-0.2, 0) is 9.84 Å². The van der Waals surface area contributed by atoms with Crippen molar-refractivity contribution in [2.24, 2.45) is 0 Å². The lowest BCUT2D eigenvalue weighted by atomic mass is 10.2. The van der Waals surface area contributed by atoms with E-state index >= 15 is 0 Å². The molecule has 2 aromatic rings. The Morgan fingerprint density at radius 2 is 2.11 bits per heavy atom. The van der Waals surface area contributed by atoms with Crippen molar-refractivity contribution in [2.45, 2.75) is 30.6 Å². The van der Waals surface area contributed by atoms with Gasteiger partial charge in [-0.1, -0.05) is 0 Å². The summed E-state index contributed by atoms with van der Waals surface area (Å²) in [4.78, 5) is 0. The van der Waals surface area contributed by atoms with Gasteiger partial charge in [0.25, 0.3) is 0 Å². The lowest BCUT2D eigenvalue weighted by molar-refractivity contribution is 0.579. The van der Waals surface area contributed by atoms with E-state index in [0.717, 1.165) is 24.9 Å². The van der Waals surface area contributed by atoms with E-state index in [4.69, 9.17) is 0 Å². The second-order valence-corrected chi connectivity index (χ2v) is 8.44. The van der Waals surface area contributed by atoms with Crippen molar-refractivity contribution in [3.63, 3.8) is 0 Å². The van der Waals surface area contributed by atoms with E-state index in [9.17, 15) is 8.42 Å². The van der Waals surface area contributed by atoms with Gasteiger partial charge in [0.1, 0.15) is 0 Å². The highest BCUT2D eigenvalue weighted by molar-refractivity contribution is 7.91. The first-order valence-corrected chi connectivity index (χ1v) is 9.30. The van der Waals surface area contributed by atoms with E-state index in [-0.39, 0.29) is 11.3 Å². The summed E-state index contributed by atoms with van der Waals surface area (Å²) in [6, 6.07) is 8.37. The molecular weight excluding hydrogens is 278 g/mol. The number of nitrogens with one attached hydrogen (secondary N) is 1. The van der Waals surface area contributed by atoms with E-state index in [1.807, 2.05) is 6.07 Å². The maximum absolute atomic E-state index is 11.8. The van der Waals surface area contributed by atoms with Crippen LogP contribution in [0.4, 0.5) is 5.69 Å². The molecule has 5 heteroatoms. The Hall–Kier alpha value is -1.07. The summed E-state index contributed by atoms with van der Waals surface area (Å²) >= 11 is 1.72. The third-order valence-corrected chi connectivity index (χ3v) is 6.37. The van der Waals surface area contributed by atoms with Gasteiger partial charge in [-0.05, 0) is 54.3 Å². The van der Waals surface area contributed by atoms with Gasteiger partial charge in [-0.25, -0.2) is 8.42 Å². The van der Waals surface area contributed by atoms with Crippen LogP contribution in [0.3, 0.4) is 0 Å². The molecule has 1 aliphatic carbocycles. The fourth-order valence-electron chi connectivity index (χ4n) is 2.87. The fraction of sp³-hybridized carbons (Fsp3) is 0.429. The Morgan fingerprint density at radius 3 is 2.89 bits per heavy atom. The molecule has 0 amide bonds. The first-order valence-electron chi connectivity index (χ1n) is 6.47. The fourth-order valence-corrected chi connectivity index (χ4v) is 5.04. The van der Waals surface area contributed by atoms with Gasteiger partial charge in [-0.3, -0.25) is 0 Å². The standard InChI is InChI=1S/C14H17NO2S2/c1-19(16,17)14-4-2-3-12(14)15-11-5-6-13-10(9-11)7-8-18-13/h5-9,12,14-15H,2-4H2,1H3. The van der Waals surface area contributed by atoms with E-state index in [1.54, 1.807) is 11.3 Å². The average molecular weight is 295 g/mol. The second-order valence-electron chi connectivity index (χ2n) is 5.22. The number of hydrogen-bond acceptors (Lipinski definition) is 4. The maximum atomic E-state index is 11.8. The SMILES string of the molecule is CS(=O)(=O)C1CCCC1Nc1ccc2sccc2c1. The highest BCUT2D eigenvalue weighted by atomic mass is 32.2. The van der Waals surface area contributed by atoms with Gasteiger partial charge in [0, 0.05) is 22.7 Å². The molecule has 2 unspecified atom stereocenters. The first-order chi connectivity index (χ1) is 9.04. The summed E-state index contributed by atoms with van der Waals surface area (Å²) in [5.74, 6) is 0. The van der Waals surface area contributed by atoms with Crippen LogP contribution in [0.15, 0.2) is 29.6 Å². The summed E-state index contributed by atoms with van der Waals surface area (Å²) in [7, 11) is -2.96.